The lowest BCUT2D eigenvalue weighted by Crippen LogP contribution is -2.37. The number of carbonyl (C=O) groups is 2. The van der Waals surface area contributed by atoms with Crippen molar-refractivity contribution in [2.24, 2.45) is 0 Å². The molecule has 0 aromatic carbocycles. The first-order valence-electron chi connectivity index (χ1n) is 21.6. The van der Waals surface area contributed by atoms with E-state index >= 15 is 0 Å². The molecule has 10 heteroatoms. The molecular weight excluding hydrogens is 725 g/mol. The summed E-state index contributed by atoms with van der Waals surface area (Å²) in [5.74, 6) is -0.943. The van der Waals surface area contributed by atoms with Crippen LogP contribution in [0.5, 0.6) is 0 Å². The van der Waals surface area contributed by atoms with Gasteiger partial charge in [0.2, 0.25) is 0 Å². The van der Waals surface area contributed by atoms with E-state index in [-0.39, 0.29) is 26.1 Å². The maximum atomic E-state index is 12.6. The number of phosphoric ester groups is 1. The summed E-state index contributed by atoms with van der Waals surface area (Å²) in [6.45, 7) is 3.99. The highest BCUT2D eigenvalue weighted by atomic mass is 31.2. The highest BCUT2D eigenvalue weighted by molar-refractivity contribution is 7.45. The molecule has 0 aliphatic rings. The fourth-order valence-electron chi connectivity index (χ4n) is 5.33. The topological polar surface area (TPSA) is 111 Å². The molecule has 9 nitrogen and oxygen atoms in total. The quantitative estimate of drug-likeness (QED) is 0.0199. The summed E-state index contributed by atoms with van der Waals surface area (Å²) in [7, 11) is 1.10. The van der Waals surface area contributed by atoms with Crippen molar-refractivity contribution < 1.29 is 42.1 Å². The second kappa shape index (κ2) is 38.0. The first-order valence-corrected chi connectivity index (χ1v) is 23.1. The smallest absolute Gasteiger partial charge is 0.306 e. The normalized spacial score (nSPS) is 14.3. The minimum absolute atomic E-state index is 0.0485. The standard InChI is InChI=1S/C46H80NO8P/c1-6-8-10-12-14-16-18-20-22-23-25-26-28-30-32-34-36-38-45(48)52-42-44(43-54-56(50,51)53-41-40-47(3,4)5)55-46(49)39-37-35-33-31-29-27-24-21-19-17-15-13-11-9-7-2/h9,11,15,17,21,24-26,29-32,44H,6-8,10,12-14,16,18-20,22-23,27-28,33-43H2,1-5H3/b11-9+,17-15+,24-21+,26-25+,31-29+,32-30+/t44-/m1/s1. The van der Waals surface area contributed by atoms with Crippen molar-refractivity contribution in [2.75, 3.05) is 47.5 Å². The Labute approximate surface area is 342 Å². The first-order chi connectivity index (χ1) is 27.0. The van der Waals surface area contributed by atoms with Gasteiger partial charge in [-0.1, -0.05) is 138 Å². The van der Waals surface area contributed by atoms with Crippen molar-refractivity contribution in [1.29, 1.82) is 0 Å². The maximum absolute atomic E-state index is 12.6. The Balaban J connectivity index is 4.51. The van der Waals surface area contributed by atoms with Crippen molar-refractivity contribution >= 4 is 19.8 Å². The van der Waals surface area contributed by atoms with Crippen molar-refractivity contribution in [3.05, 3.63) is 72.9 Å². The first kappa shape index (κ1) is 53.5. The summed E-state index contributed by atoms with van der Waals surface area (Å²) in [4.78, 5) is 37.5. The summed E-state index contributed by atoms with van der Waals surface area (Å²) in [6.07, 6.45) is 46.6. The Morgan fingerprint density at radius 3 is 1.57 bits per heavy atom. The van der Waals surface area contributed by atoms with Crippen LogP contribution in [-0.2, 0) is 32.7 Å². The number of esters is 2. The zero-order chi connectivity index (χ0) is 41.4. The summed E-state index contributed by atoms with van der Waals surface area (Å²) < 4.78 is 33.8. The number of hydrogen-bond donors (Lipinski definition) is 0. The number of unbranched alkanes of at least 4 members (excludes halogenated alkanes) is 12. The Bertz CT molecular complexity index is 1180. The third-order valence-corrected chi connectivity index (χ3v) is 9.67. The van der Waals surface area contributed by atoms with Crippen LogP contribution in [0.2, 0.25) is 0 Å². The lowest BCUT2D eigenvalue weighted by atomic mass is 10.1. The zero-order valence-corrected chi connectivity index (χ0v) is 36.9. The van der Waals surface area contributed by atoms with E-state index in [9.17, 15) is 19.0 Å². The van der Waals surface area contributed by atoms with Crippen LogP contribution in [0.1, 0.15) is 155 Å². The van der Waals surface area contributed by atoms with Gasteiger partial charge in [-0.15, -0.1) is 0 Å². The highest BCUT2D eigenvalue weighted by Gasteiger charge is 2.21. The molecule has 0 spiro atoms. The van der Waals surface area contributed by atoms with Crippen molar-refractivity contribution in [2.45, 2.75) is 161 Å². The fraction of sp³-hybridized carbons (Fsp3) is 0.696. The molecule has 0 N–H and O–H groups in total. The van der Waals surface area contributed by atoms with Crippen LogP contribution in [0.3, 0.4) is 0 Å². The van der Waals surface area contributed by atoms with Crippen molar-refractivity contribution in [1.82, 2.24) is 0 Å². The second-order valence-corrected chi connectivity index (χ2v) is 16.7. The minimum Gasteiger partial charge on any atom is -0.756 e. The monoisotopic (exact) mass is 806 g/mol. The van der Waals surface area contributed by atoms with Crippen LogP contribution in [-0.4, -0.2) is 70.0 Å². The van der Waals surface area contributed by atoms with Gasteiger partial charge in [-0.3, -0.25) is 14.2 Å². The molecule has 56 heavy (non-hydrogen) atoms. The van der Waals surface area contributed by atoms with Gasteiger partial charge in [-0.2, -0.15) is 0 Å². The molecule has 1 unspecified atom stereocenters. The average molecular weight is 806 g/mol. The van der Waals surface area contributed by atoms with Gasteiger partial charge in [0.1, 0.15) is 19.8 Å². The number of nitrogens with zero attached hydrogens (tertiary/aromatic N) is 1. The molecule has 0 aliphatic carbocycles. The van der Waals surface area contributed by atoms with Crippen LogP contribution in [0.4, 0.5) is 0 Å². The number of hydrogen-bond acceptors (Lipinski definition) is 8. The van der Waals surface area contributed by atoms with Crippen LogP contribution in [0.15, 0.2) is 72.9 Å². The Kier molecular flexibility index (Phi) is 36.3. The van der Waals surface area contributed by atoms with E-state index in [1.54, 1.807) is 0 Å². The Morgan fingerprint density at radius 1 is 0.571 bits per heavy atom. The molecule has 0 radical (unpaired) electrons. The van der Waals surface area contributed by atoms with Crippen LogP contribution in [0.25, 0.3) is 0 Å². The van der Waals surface area contributed by atoms with E-state index in [2.05, 4.69) is 86.8 Å². The van der Waals surface area contributed by atoms with E-state index < -0.39 is 32.5 Å². The molecule has 0 aromatic heterocycles. The van der Waals surface area contributed by atoms with Gasteiger partial charge in [0, 0.05) is 12.8 Å². The van der Waals surface area contributed by atoms with Gasteiger partial charge in [0.15, 0.2) is 6.10 Å². The molecule has 0 aromatic rings. The van der Waals surface area contributed by atoms with Gasteiger partial charge in [0.25, 0.3) is 7.82 Å². The van der Waals surface area contributed by atoms with E-state index in [4.69, 9.17) is 18.5 Å². The average Bonchev–Trinajstić information content (AvgIpc) is 3.15. The largest absolute Gasteiger partial charge is 0.756 e. The molecule has 0 rings (SSSR count). The summed E-state index contributed by atoms with van der Waals surface area (Å²) in [5, 5.41) is 0. The van der Waals surface area contributed by atoms with Gasteiger partial charge in [-0.05, 0) is 77.0 Å². The predicted octanol–water partition coefficient (Wildman–Crippen LogP) is 11.6. The third kappa shape index (κ3) is 41.1. The number of ether oxygens (including phenoxy) is 2. The summed E-state index contributed by atoms with van der Waals surface area (Å²) in [5.41, 5.74) is 0. The molecule has 0 saturated heterocycles. The molecular formula is C46H80NO8P. The number of likely N-dealkylation sites (N-methyl/N-ethyl adjacent to an activating group) is 1. The van der Waals surface area contributed by atoms with Crippen LogP contribution >= 0.6 is 7.82 Å². The summed E-state index contributed by atoms with van der Waals surface area (Å²) >= 11 is 0. The SMILES string of the molecule is CC/C=C/C/C=C/C/C=C/C/C=C/CCCCC(=O)O[C@H](COC(=O)CCC/C=C/C/C=C/CCCCCCCCCCC)COP(=O)([O-])OCC[N+](C)(C)C. The fourth-order valence-corrected chi connectivity index (χ4v) is 6.06. The molecule has 2 atom stereocenters. The lowest BCUT2D eigenvalue weighted by molar-refractivity contribution is -0.870. The number of quaternary nitrogens is 1. The summed E-state index contributed by atoms with van der Waals surface area (Å²) in [6, 6.07) is 0. The number of allylic oxidation sites excluding steroid dienone is 12. The second-order valence-electron chi connectivity index (χ2n) is 15.3. The highest BCUT2D eigenvalue weighted by Crippen LogP contribution is 2.38. The van der Waals surface area contributed by atoms with Crippen molar-refractivity contribution in [3.8, 4) is 0 Å². The van der Waals surface area contributed by atoms with E-state index in [0.717, 1.165) is 57.8 Å². The maximum Gasteiger partial charge on any atom is 0.306 e. The van der Waals surface area contributed by atoms with E-state index in [1.807, 2.05) is 21.1 Å². The third-order valence-electron chi connectivity index (χ3n) is 8.71. The van der Waals surface area contributed by atoms with E-state index in [0.29, 0.717) is 23.9 Å². The van der Waals surface area contributed by atoms with Crippen LogP contribution < -0.4 is 4.89 Å². The molecule has 0 fully saturated rings. The Hall–Kier alpha value is -2.55. The number of rotatable bonds is 38. The van der Waals surface area contributed by atoms with Crippen molar-refractivity contribution in [3.63, 3.8) is 0 Å². The van der Waals surface area contributed by atoms with Gasteiger partial charge in [0.05, 0.1) is 27.7 Å². The van der Waals surface area contributed by atoms with Gasteiger partial charge < -0.3 is 27.9 Å². The molecule has 322 valence electrons. The molecule has 0 bridgehead atoms. The zero-order valence-electron chi connectivity index (χ0n) is 36.1. The van der Waals surface area contributed by atoms with E-state index in [1.165, 1.54) is 57.8 Å². The Morgan fingerprint density at radius 2 is 1.04 bits per heavy atom. The van der Waals surface area contributed by atoms with Crippen LogP contribution in [0, 0.1) is 0 Å². The molecule has 0 aliphatic heterocycles. The molecule has 0 heterocycles. The predicted molar refractivity (Wildman–Crippen MR) is 231 cm³/mol. The minimum atomic E-state index is -4.65. The molecule has 0 saturated carbocycles. The van der Waals surface area contributed by atoms with Gasteiger partial charge in [-0.25, -0.2) is 0 Å². The lowest BCUT2D eigenvalue weighted by Gasteiger charge is -2.28. The number of phosphoric acid groups is 1. The van der Waals surface area contributed by atoms with Gasteiger partial charge >= 0.3 is 11.9 Å². The number of carbonyl (C=O) groups excluding carboxylic acids is 2. The molecule has 0 amide bonds.